The molecule has 4 rings (SSSR count). The highest BCUT2D eigenvalue weighted by atomic mass is 32.2. The van der Waals surface area contributed by atoms with Gasteiger partial charge in [0.15, 0.2) is 0 Å². The first-order valence-corrected chi connectivity index (χ1v) is 13.2. The number of carbonyl (C=O) groups excluding carboxylic acids is 1. The summed E-state index contributed by atoms with van der Waals surface area (Å²) < 4.78 is 26.9. The molecule has 1 fully saturated rings. The predicted octanol–water partition coefficient (Wildman–Crippen LogP) is 2.25. The number of hydrogen-bond donors (Lipinski definition) is 1. The molecule has 1 aliphatic rings. The van der Waals surface area contributed by atoms with E-state index in [4.69, 9.17) is 0 Å². The maximum Gasteiger partial charge on any atom is 0.251 e. The van der Waals surface area contributed by atoms with Crippen LogP contribution in [0, 0.1) is 6.92 Å². The summed E-state index contributed by atoms with van der Waals surface area (Å²) in [6.07, 6.45) is 5.01. The minimum Gasteiger partial charge on any atom is -0.348 e. The average Bonchev–Trinajstić information content (AvgIpc) is 3.22. The van der Waals surface area contributed by atoms with E-state index in [1.807, 2.05) is 49.5 Å². The second kappa shape index (κ2) is 10.5. The minimum absolute atomic E-state index is 0.107. The standard InChI is InChI=1S/C25H31N5O3S/c1-20-26-10-11-29(20)19-23-5-3-4-22(16-23)17-27-25(31)24-8-6-21(7-9-24)18-28-12-14-30(15-13-28)34(2,32)33/h3-11,16H,12-15,17-19H2,1-2H3,(H,27,31). The first kappa shape index (κ1) is 24.1. The van der Waals surface area contributed by atoms with Crippen molar-refractivity contribution in [2.45, 2.75) is 26.6 Å². The lowest BCUT2D eigenvalue weighted by Crippen LogP contribution is -2.47. The van der Waals surface area contributed by atoms with Crippen molar-refractivity contribution in [3.8, 4) is 0 Å². The van der Waals surface area contributed by atoms with Crippen LogP contribution in [0.2, 0.25) is 0 Å². The molecular formula is C25H31N5O3S. The molecule has 0 unspecified atom stereocenters. The first-order chi connectivity index (χ1) is 16.3. The first-order valence-electron chi connectivity index (χ1n) is 11.4. The van der Waals surface area contributed by atoms with Gasteiger partial charge in [-0.1, -0.05) is 36.4 Å². The van der Waals surface area contributed by atoms with Gasteiger partial charge in [-0.2, -0.15) is 4.31 Å². The Kier molecular flexibility index (Phi) is 7.45. The summed E-state index contributed by atoms with van der Waals surface area (Å²) in [5, 5.41) is 3.00. The fourth-order valence-corrected chi connectivity index (χ4v) is 4.96. The monoisotopic (exact) mass is 481 g/mol. The lowest BCUT2D eigenvalue weighted by Gasteiger charge is -2.33. The van der Waals surface area contributed by atoms with E-state index in [0.29, 0.717) is 38.3 Å². The van der Waals surface area contributed by atoms with Gasteiger partial charge in [0, 0.05) is 63.8 Å². The maximum absolute atomic E-state index is 12.6. The molecule has 1 amide bonds. The SMILES string of the molecule is Cc1nccn1Cc1cccc(CNC(=O)c2ccc(CN3CCN(S(C)(=O)=O)CC3)cc2)c1. The molecule has 0 atom stereocenters. The van der Waals surface area contributed by atoms with Crippen LogP contribution in [0.3, 0.4) is 0 Å². The number of benzene rings is 2. The molecule has 9 heteroatoms. The van der Waals surface area contributed by atoms with Gasteiger partial charge in [0.05, 0.1) is 6.26 Å². The summed E-state index contributed by atoms with van der Waals surface area (Å²) in [5.41, 5.74) is 3.94. The fraction of sp³-hybridized carbons (Fsp3) is 0.360. The maximum atomic E-state index is 12.6. The molecule has 0 saturated carbocycles. The van der Waals surface area contributed by atoms with Crippen LogP contribution in [0.5, 0.6) is 0 Å². The summed E-state index contributed by atoms with van der Waals surface area (Å²) in [7, 11) is -3.12. The van der Waals surface area contributed by atoms with Crippen LogP contribution < -0.4 is 5.32 Å². The average molecular weight is 482 g/mol. The predicted molar refractivity (Wildman–Crippen MR) is 132 cm³/mol. The van der Waals surface area contributed by atoms with Gasteiger partial charge < -0.3 is 9.88 Å². The van der Waals surface area contributed by atoms with E-state index in [1.54, 1.807) is 6.20 Å². The van der Waals surface area contributed by atoms with Gasteiger partial charge in [0.1, 0.15) is 5.82 Å². The number of sulfonamides is 1. The minimum atomic E-state index is -3.12. The van der Waals surface area contributed by atoms with E-state index in [0.717, 1.165) is 35.6 Å². The molecular weight excluding hydrogens is 450 g/mol. The van der Waals surface area contributed by atoms with Crippen LogP contribution in [0.1, 0.15) is 32.9 Å². The zero-order chi connectivity index (χ0) is 24.1. The van der Waals surface area contributed by atoms with Crippen LogP contribution in [-0.4, -0.2) is 65.5 Å². The molecule has 1 saturated heterocycles. The van der Waals surface area contributed by atoms with Crippen LogP contribution >= 0.6 is 0 Å². The Morgan fingerprint density at radius 1 is 0.971 bits per heavy atom. The molecule has 0 spiro atoms. The topological polar surface area (TPSA) is 87.5 Å². The third-order valence-electron chi connectivity index (χ3n) is 6.14. The Morgan fingerprint density at radius 3 is 2.32 bits per heavy atom. The number of piperazine rings is 1. The Morgan fingerprint density at radius 2 is 1.68 bits per heavy atom. The number of imidazole rings is 1. The van der Waals surface area contributed by atoms with Gasteiger partial charge in [-0.25, -0.2) is 13.4 Å². The van der Waals surface area contributed by atoms with Crippen molar-refractivity contribution in [2.24, 2.45) is 0 Å². The van der Waals surface area contributed by atoms with Gasteiger partial charge in [-0.15, -0.1) is 0 Å². The normalized spacial score (nSPS) is 15.4. The van der Waals surface area contributed by atoms with Crippen LogP contribution in [0.15, 0.2) is 60.9 Å². The summed E-state index contributed by atoms with van der Waals surface area (Å²) in [6.45, 7) is 6.37. The number of aromatic nitrogens is 2. The summed E-state index contributed by atoms with van der Waals surface area (Å²) >= 11 is 0. The van der Waals surface area contributed by atoms with Crippen molar-refractivity contribution >= 4 is 15.9 Å². The lowest BCUT2D eigenvalue weighted by atomic mass is 10.1. The quantitative estimate of drug-likeness (QED) is 0.533. The van der Waals surface area contributed by atoms with E-state index in [2.05, 4.69) is 31.9 Å². The van der Waals surface area contributed by atoms with E-state index >= 15 is 0 Å². The van der Waals surface area contributed by atoms with Crippen molar-refractivity contribution in [1.29, 1.82) is 0 Å². The molecule has 0 bridgehead atoms. The third-order valence-corrected chi connectivity index (χ3v) is 7.45. The highest BCUT2D eigenvalue weighted by molar-refractivity contribution is 7.88. The highest BCUT2D eigenvalue weighted by Gasteiger charge is 2.23. The van der Waals surface area contributed by atoms with Gasteiger partial charge in [0.2, 0.25) is 10.0 Å². The van der Waals surface area contributed by atoms with Crippen LogP contribution in [0.4, 0.5) is 0 Å². The summed E-state index contributed by atoms with van der Waals surface area (Å²) in [5.74, 6) is 0.863. The molecule has 2 aromatic carbocycles. The van der Waals surface area contributed by atoms with Gasteiger partial charge in [-0.05, 0) is 35.7 Å². The second-order valence-corrected chi connectivity index (χ2v) is 10.7. The molecule has 180 valence electrons. The Bertz CT molecular complexity index is 1230. The molecule has 0 aliphatic carbocycles. The molecule has 0 radical (unpaired) electrons. The summed E-state index contributed by atoms with van der Waals surface area (Å²) in [6, 6.07) is 15.8. The number of nitrogens with one attached hydrogen (secondary N) is 1. The second-order valence-electron chi connectivity index (χ2n) is 8.74. The van der Waals surface area contributed by atoms with Crippen molar-refractivity contribution in [3.05, 3.63) is 89.0 Å². The van der Waals surface area contributed by atoms with E-state index in [9.17, 15) is 13.2 Å². The Hall–Kier alpha value is -3.01. The molecule has 1 aromatic heterocycles. The number of aryl methyl sites for hydroxylation is 1. The molecule has 1 aliphatic heterocycles. The van der Waals surface area contributed by atoms with Crippen LogP contribution in [0.25, 0.3) is 0 Å². The smallest absolute Gasteiger partial charge is 0.251 e. The Labute approximate surface area is 201 Å². The zero-order valence-corrected chi connectivity index (χ0v) is 20.5. The largest absolute Gasteiger partial charge is 0.348 e. The van der Waals surface area contributed by atoms with Crippen molar-refractivity contribution < 1.29 is 13.2 Å². The van der Waals surface area contributed by atoms with E-state index in [1.165, 1.54) is 10.6 Å². The molecule has 2 heterocycles. The third kappa shape index (κ3) is 6.31. The molecule has 34 heavy (non-hydrogen) atoms. The van der Waals surface area contributed by atoms with Crippen LogP contribution in [-0.2, 0) is 29.7 Å². The van der Waals surface area contributed by atoms with Crippen molar-refractivity contribution in [2.75, 3.05) is 32.4 Å². The van der Waals surface area contributed by atoms with E-state index in [-0.39, 0.29) is 5.91 Å². The number of amides is 1. The number of hydrogen-bond acceptors (Lipinski definition) is 5. The number of nitrogens with zero attached hydrogens (tertiary/aromatic N) is 4. The van der Waals surface area contributed by atoms with Gasteiger partial charge in [-0.3, -0.25) is 9.69 Å². The molecule has 1 N–H and O–H groups in total. The molecule has 3 aromatic rings. The lowest BCUT2D eigenvalue weighted by molar-refractivity contribution is 0.0951. The van der Waals surface area contributed by atoms with Gasteiger partial charge in [0.25, 0.3) is 5.91 Å². The van der Waals surface area contributed by atoms with Crippen molar-refractivity contribution in [3.63, 3.8) is 0 Å². The fourth-order valence-electron chi connectivity index (χ4n) is 4.13. The van der Waals surface area contributed by atoms with Crippen molar-refractivity contribution in [1.82, 2.24) is 24.1 Å². The Balaban J connectivity index is 1.27. The van der Waals surface area contributed by atoms with Gasteiger partial charge >= 0.3 is 0 Å². The number of carbonyl (C=O) groups is 1. The molecule has 8 nitrogen and oxygen atoms in total. The zero-order valence-electron chi connectivity index (χ0n) is 19.6. The number of rotatable bonds is 8. The van der Waals surface area contributed by atoms with E-state index < -0.39 is 10.0 Å². The highest BCUT2D eigenvalue weighted by Crippen LogP contribution is 2.13. The summed E-state index contributed by atoms with van der Waals surface area (Å²) in [4.78, 5) is 19.1.